The van der Waals surface area contributed by atoms with Crippen LogP contribution in [0.1, 0.15) is 32.1 Å². The Morgan fingerprint density at radius 1 is 1.15 bits per heavy atom. The summed E-state index contributed by atoms with van der Waals surface area (Å²) in [6.45, 7) is 2.01. The van der Waals surface area contributed by atoms with Crippen molar-refractivity contribution < 1.29 is 13.6 Å². The number of hydrogen-bond donors (Lipinski definition) is 1. The van der Waals surface area contributed by atoms with Crippen molar-refractivity contribution in [2.75, 3.05) is 25.0 Å². The van der Waals surface area contributed by atoms with E-state index in [0.717, 1.165) is 32.0 Å². The lowest BCUT2D eigenvalue weighted by Crippen LogP contribution is -2.32. The number of amides is 1. The second-order valence-electron chi connectivity index (χ2n) is 5.10. The zero-order valence-electron chi connectivity index (χ0n) is 11.5. The molecule has 1 N–H and O–H groups in total. The maximum absolute atomic E-state index is 13.4. The van der Waals surface area contributed by atoms with Crippen LogP contribution in [0.4, 0.5) is 14.5 Å². The SMILES string of the molecule is O=C(CCNc1ccc(F)cc1F)N1CCCCCC1. The van der Waals surface area contributed by atoms with Gasteiger partial charge in [-0.2, -0.15) is 0 Å². The van der Waals surface area contributed by atoms with Gasteiger partial charge in [0.25, 0.3) is 0 Å². The van der Waals surface area contributed by atoms with Crippen molar-refractivity contribution in [1.29, 1.82) is 0 Å². The number of rotatable bonds is 4. The molecule has 0 bridgehead atoms. The molecule has 3 nitrogen and oxygen atoms in total. The molecule has 1 aromatic rings. The largest absolute Gasteiger partial charge is 0.382 e. The van der Waals surface area contributed by atoms with Crippen LogP contribution in [-0.2, 0) is 4.79 Å². The third-order valence-electron chi connectivity index (χ3n) is 3.54. The number of halogens is 2. The number of nitrogens with one attached hydrogen (secondary N) is 1. The van der Waals surface area contributed by atoms with Gasteiger partial charge in [0, 0.05) is 32.1 Å². The molecule has 0 aliphatic carbocycles. The summed E-state index contributed by atoms with van der Waals surface area (Å²) in [4.78, 5) is 13.9. The van der Waals surface area contributed by atoms with Crippen LogP contribution in [0.2, 0.25) is 0 Å². The first-order chi connectivity index (χ1) is 9.66. The summed E-state index contributed by atoms with van der Waals surface area (Å²) in [5, 5.41) is 2.84. The van der Waals surface area contributed by atoms with Gasteiger partial charge in [0.05, 0.1) is 5.69 Å². The number of carbonyl (C=O) groups is 1. The molecule has 5 heteroatoms. The number of anilines is 1. The van der Waals surface area contributed by atoms with Gasteiger partial charge in [0.2, 0.25) is 5.91 Å². The highest BCUT2D eigenvalue weighted by molar-refractivity contribution is 5.76. The highest BCUT2D eigenvalue weighted by atomic mass is 19.1. The molecule has 2 rings (SSSR count). The van der Waals surface area contributed by atoms with Crippen LogP contribution >= 0.6 is 0 Å². The normalized spacial score (nSPS) is 15.8. The second-order valence-corrected chi connectivity index (χ2v) is 5.10. The summed E-state index contributed by atoms with van der Waals surface area (Å²) in [5.74, 6) is -1.14. The number of hydrogen-bond acceptors (Lipinski definition) is 2. The second kappa shape index (κ2) is 7.22. The minimum absolute atomic E-state index is 0.0990. The summed E-state index contributed by atoms with van der Waals surface area (Å²) < 4.78 is 26.1. The molecule has 0 unspecified atom stereocenters. The van der Waals surface area contributed by atoms with Gasteiger partial charge in [0.15, 0.2) is 0 Å². The number of benzene rings is 1. The Labute approximate surface area is 118 Å². The fourth-order valence-corrected chi connectivity index (χ4v) is 2.42. The molecule has 0 aromatic heterocycles. The van der Waals surface area contributed by atoms with E-state index in [2.05, 4.69) is 5.32 Å². The van der Waals surface area contributed by atoms with Gasteiger partial charge in [-0.15, -0.1) is 0 Å². The molecule has 1 aliphatic rings. The first-order valence-corrected chi connectivity index (χ1v) is 7.13. The number of nitrogens with zero attached hydrogens (tertiary/aromatic N) is 1. The Morgan fingerprint density at radius 2 is 1.85 bits per heavy atom. The number of carbonyl (C=O) groups excluding carboxylic acids is 1. The van der Waals surface area contributed by atoms with E-state index in [1.807, 2.05) is 4.90 Å². The lowest BCUT2D eigenvalue weighted by molar-refractivity contribution is -0.130. The Morgan fingerprint density at radius 3 is 2.50 bits per heavy atom. The van der Waals surface area contributed by atoms with E-state index in [0.29, 0.717) is 13.0 Å². The average Bonchev–Trinajstić information content (AvgIpc) is 2.70. The van der Waals surface area contributed by atoms with Crippen LogP contribution in [0.25, 0.3) is 0 Å². The molecule has 1 aromatic carbocycles. The molecule has 0 atom stereocenters. The van der Waals surface area contributed by atoms with Gasteiger partial charge in [-0.3, -0.25) is 4.79 Å². The monoisotopic (exact) mass is 282 g/mol. The van der Waals surface area contributed by atoms with Crippen molar-refractivity contribution in [3.63, 3.8) is 0 Å². The zero-order chi connectivity index (χ0) is 14.4. The van der Waals surface area contributed by atoms with Crippen molar-refractivity contribution in [3.05, 3.63) is 29.8 Å². The smallest absolute Gasteiger partial charge is 0.224 e. The standard InChI is InChI=1S/C15H20F2N2O/c16-12-5-6-14(13(17)11-12)18-8-7-15(20)19-9-3-1-2-4-10-19/h5-6,11,18H,1-4,7-10H2. The molecule has 1 heterocycles. The predicted molar refractivity (Wildman–Crippen MR) is 74.5 cm³/mol. The molecule has 0 saturated carbocycles. The van der Waals surface area contributed by atoms with Crippen LogP contribution in [0.15, 0.2) is 18.2 Å². The van der Waals surface area contributed by atoms with E-state index < -0.39 is 11.6 Å². The van der Waals surface area contributed by atoms with Crippen molar-refractivity contribution >= 4 is 11.6 Å². The lowest BCUT2D eigenvalue weighted by atomic mass is 10.2. The Bertz CT molecular complexity index is 457. The highest BCUT2D eigenvalue weighted by Gasteiger charge is 2.15. The predicted octanol–water partition coefficient (Wildman–Crippen LogP) is 3.17. The fraction of sp³-hybridized carbons (Fsp3) is 0.533. The lowest BCUT2D eigenvalue weighted by Gasteiger charge is -2.20. The average molecular weight is 282 g/mol. The first-order valence-electron chi connectivity index (χ1n) is 7.13. The third kappa shape index (κ3) is 4.18. The quantitative estimate of drug-likeness (QED) is 0.920. The van der Waals surface area contributed by atoms with Crippen LogP contribution < -0.4 is 5.32 Å². The van der Waals surface area contributed by atoms with Gasteiger partial charge in [0.1, 0.15) is 11.6 Å². The fourth-order valence-electron chi connectivity index (χ4n) is 2.42. The molecular weight excluding hydrogens is 262 g/mol. The van der Waals surface area contributed by atoms with E-state index in [1.165, 1.54) is 25.0 Å². The summed E-state index contributed by atoms with van der Waals surface area (Å²) in [6.07, 6.45) is 4.82. The Hall–Kier alpha value is -1.65. The zero-order valence-corrected chi connectivity index (χ0v) is 11.5. The summed E-state index contributed by atoms with van der Waals surface area (Å²) in [6, 6.07) is 3.38. The Kier molecular flexibility index (Phi) is 5.32. The first kappa shape index (κ1) is 14.8. The van der Waals surface area contributed by atoms with Gasteiger partial charge in [-0.1, -0.05) is 12.8 Å². The minimum atomic E-state index is -0.632. The van der Waals surface area contributed by atoms with E-state index in [1.54, 1.807) is 0 Å². The van der Waals surface area contributed by atoms with Crippen molar-refractivity contribution in [1.82, 2.24) is 4.90 Å². The van der Waals surface area contributed by atoms with Gasteiger partial charge in [-0.25, -0.2) is 8.78 Å². The van der Waals surface area contributed by atoms with Crippen molar-refractivity contribution in [3.8, 4) is 0 Å². The van der Waals surface area contributed by atoms with E-state index in [-0.39, 0.29) is 11.6 Å². The van der Waals surface area contributed by atoms with Gasteiger partial charge < -0.3 is 10.2 Å². The molecule has 1 amide bonds. The third-order valence-corrected chi connectivity index (χ3v) is 3.54. The molecule has 110 valence electrons. The van der Waals surface area contributed by atoms with Crippen LogP contribution in [-0.4, -0.2) is 30.4 Å². The molecular formula is C15H20F2N2O. The summed E-state index contributed by atoms with van der Waals surface area (Å²) >= 11 is 0. The number of likely N-dealkylation sites (tertiary alicyclic amines) is 1. The van der Waals surface area contributed by atoms with E-state index in [9.17, 15) is 13.6 Å². The molecule has 20 heavy (non-hydrogen) atoms. The maximum atomic E-state index is 13.4. The van der Waals surface area contributed by atoms with Crippen LogP contribution in [0, 0.1) is 11.6 Å². The molecule has 0 spiro atoms. The molecule has 1 saturated heterocycles. The molecule has 1 fully saturated rings. The molecule has 0 radical (unpaired) electrons. The highest BCUT2D eigenvalue weighted by Crippen LogP contribution is 2.15. The summed E-state index contributed by atoms with van der Waals surface area (Å²) in [5.41, 5.74) is 0.232. The summed E-state index contributed by atoms with van der Waals surface area (Å²) in [7, 11) is 0. The van der Waals surface area contributed by atoms with Gasteiger partial charge in [-0.05, 0) is 25.0 Å². The van der Waals surface area contributed by atoms with Crippen molar-refractivity contribution in [2.24, 2.45) is 0 Å². The molecule has 1 aliphatic heterocycles. The van der Waals surface area contributed by atoms with E-state index >= 15 is 0 Å². The Balaban J connectivity index is 1.78. The topological polar surface area (TPSA) is 32.3 Å². The van der Waals surface area contributed by atoms with Crippen LogP contribution in [0.5, 0.6) is 0 Å². The van der Waals surface area contributed by atoms with E-state index in [4.69, 9.17) is 0 Å². The van der Waals surface area contributed by atoms with Gasteiger partial charge >= 0.3 is 0 Å². The van der Waals surface area contributed by atoms with Crippen molar-refractivity contribution in [2.45, 2.75) is 32.1 Å². The van der Waals surface area contributed by atoms with Crippen LogP contribution in [0.3, 0.4) is 0 Å². The maximum Gasteiger partial charge on any atom is 0.224 e. The minimum Gasteiger partial charge on any atom is -0.382 e.